The van der Waals surface area contributed by atoms with Crippen LogP contribution in [0.15, 0.2) is 24.4 Å². The summed E-state index contributed by atoms with van der Waals surface area (Å²) in [5, 5.41) is 0. The second-order valence-electron chi connectivity index (χ2n) is 12.5. The highest BCUT2D eigenvalue weighted by Gasteiger charge is 2.28. The van der Waals surface area contributed by atoms with Gasteiger partial charge in [-0.05, 0) is 36.8 Å². The van der Waals surface area contributed by atoms with Gasteiger partial charge in [-0.15, -0.1) is 0 Å². The standard InChI is InChI=1S/C30H40N6O2/c1-17-11-12-21(29(3,4)5)28-33-26(23(35(17)28)15-24(31)37)20-14-22(30(6,7)8)27-32-16-19(36(27)18(20)2)13-25(38)34(9)10/h11-12,14,16H,13,15H2,1-10H3,(H2,31,37). The van der Waals surface area contributed by atoms with E-state index in [1.165, 1.54) is 0 Å². The number of primary amides is 1. The maximum Gasteiger partial charge on any atom is 0.228 e. The molecule has 4 rings (SSSR count). The molecule has 0 fully saturated rings. The molecule has 202 valence electrons. The molecular formula is C30H40N6O2. The van der Waals surface area contributed by atoms with Crippen molar-refractivity contribution in [1.82, 2.24) is 23.7 Å². The van der Waals surface area contributed by atoms with E-state index >= 15 is 0 Å². The van der Waals surface area contributed by atoms with E-state index in [1.807, 2.05) is 13.8 Å². The number of hydrogen-bond donors (Lipinski definition) is 1. The number of aryl methyl sites for hydroxylation is 2. The van der Waals surface area contributed by atoms with Crippen LogP contribution in [0.4, 0.5) is 0 Å². The van der Waals surface area contributed by atoms with Crippen LogP contribution in [0, 0.1) is 13.8 Å². The number of hydrogen-bond acceptors (Lipinski definition) is 4. The predicted molar refractivity (Wildman–Crippen MR) is 152 cm³/mol. The van der Waals surface area contributed by atoms with Gasteiger partial charge in [-0.3, -0.25) is 18.4 Å². The summed E-state index contributed by atoms with van der Waals surface area (Å²) in [4.78, 5) is 36.6. The number of carbonyl (C=O) groups excluding carboxylic acids is 2. The van der Waals surface area contributed by atoms with Crippen molar-refractivity contribution in [3.05, 3.63) is 58.3 Å². The molecule has 8 heteroatoms. The van der Waals surface area contributed by atoms with Gasteiger partial charge in [-0.25, -0.2) is 9.97 Å². The molecule has 0 saturated carbocycles. The molecule has 2 N–H and O–H groups in total. The van der Waals surface area contributed by atoms with Crippen molar-refractivity contribution in [2.24, 2.45) is 5.73 Å². The van der Waals surface area contributed by atoms with E-state index < -0.39 is 5.91 Å². The number of aromatic nitrogens is 4. The maximum atomic E-state index is 12.7. The van der Waals surface area contributed by atoms with Gasteiger partial charge in [0.05, 0.1) is 29.9 Å². The number of rotatable bonds is 5. The molecule has 0 radical (unpaired) electrons. The van der Waals surface area contributed by atoms with Crippen LogP contribution in [-0.4, -0.2) is 49.6 Å². The average Bonchev–Trinajstić information content (AvgIpc) is 3.35. The number of likely N-dealkylation sites (N-methyl/N-ethyl adjacent to an activating group) is 1. The minimum absolute atomic E-state index is 0.00139. The van der Waals surface area contributed by atoms with Crippen LogP contribution in [0.5, 0.6) is 0 Å². The Hall–Kier alpha value is -3.68. The van der Waals surface area contributed by atoms with Gasteiger partial charge in [0.2, 0.25) is 11.8 Å². The summed E-state index contributed by atoms with van der Waals surface area (Å²) in [5.41, 5.74) is 14.3. The second-order valence-corrected chi connectivity index (χ2v) is 12.5. The molecule has 0 unspecified atom stereocenters. The van der Waals surface area contributed by atoms with Crippen molar-refractivity contribution < 1.29 is 9.59 Å². The SMILES string of the molecule is Cc1ccc(C(C)(C)C)c2nc(-c3cc(C(C)(C)C)c4ncc(CC(=O)N(C)C)n4c3C)c(CC(N)=O)n12. The van der Waals surface area contributed by atoms with Gasteiger partial charge in [-0.1, -0.05) is 47.6 Å². The normalized spacial score (nSPS) is 12.5. The zero-order chi connectivity index (χ0) is 28.3. The molecule has 0 aliphatic heterocycles. The molecule has 4 aromatic rings. The summed E-state index contributed by atoms with van der Waals surface area (Å²) >= 11 is 0. The zero-order valence-corrected chi connectivity index (χ0v) is 24.4. The Morgan fingerprint density at radius 1 is 0.921 bits per heavy atom. The van der Waals surface area contributed by atoms with Crippen LogP contribution < -0.4 is 5.73 Å². The lowest BCUT2D eigenvalue weighted by Gasteiger charge is -2.23. The third kappa shape index (κ3) is 4.68. The molecule has 0 bridgehead atoms. The highest BCUT2D eigenvalue weighted by molar-refractivity contribution is 5.82. The van der Waals surface area contributed by atoms with Crippen LogP contribution in [0.2, 0.25) is 0 Å². The first-order valence-corrected chi connectivity index (χ1v) is 13.0. The van der Waals surface area contributed by atoms with Gasteiger partial charge in [0.1, 0.15) is 11.3 Å². The molecule has 4 aromatic heterocycles. The maximum absolute atomic E-state index is 12.7. The van der Waals surface area contributed by atoms with E-state index in [0.717, 1.165) is 56.5 Å². The lowest BCUT2D eigenvalue weighted by Crippen LogP contribution is -2.24. The topological polar surface area (TPSA) is 98.0 Å². The quantitative estimate of drug-likeness (QED) is 0.422. The molecule has 8 nitrogen and oxygen atoms in total. The molecule has 0 aliphatic carbocycles. The fraction of sp³-hybridized carbons (Fsp3) is 0.467. The minimum atomic E-state index is -0.414. The van der Waals surface area contributed by atoms with E-state index in [-0.39, 0.29) is 29.6 Å². The largest absolute Gasteiger partial charge is 0.369 e. The molecule has 0 aliphatic rings. The fourth-order valence-corrected chi connectivity index (χ4v) is 5.11. The highest BCUT2D eigenvalue weighted by Crippen LogP contribution is 2.37. The average molecular weight is 517 g/mol. The number of carbonyl (C=O) groups is 2. The van der Waals surface area contributed by atoms with Crippen LogP contribution in [-0.2, 0) is 33.3 Å². The van der Waals surface area contributed by atoms with Gasteiger partial charge in [0, 0.05) is 48.4 Å². The van der Waals surface area contributed by atoms with Gasteiger partial charge in [0.25, 0.3) is 0 Å². The van der Waals surface area contributed by atoms with Crippen molar-refractivity contribution in [2.45, 2.75) is 79.1 Å². The van der Waals surface area contributed by atoms with Crippen molar-refractivity contribution >= 4 is 23.1 Å². The summed E-state index contributed by atoms with van der Waals surface area (Å²) < 4.78 is 4.15. The number of nitrogens with zero attached hydrogens (tertiary/aromatic N) is 5. The number of nitrogens with two attached hydrogens (primary N) is 1. The van der Waals surface area contributed by atoms with E-state index in [4.69, 9.17) is 15.7 Å². The first-order chi connectivity index (χ1) is 17.5. The minimum Gasteiger partial charge on any atom is -0.369 e. The number of pyridine rings is 2. The second kappa shape index (κ2) is 9.26. The van der Waals surface area contributed by atoms with Gasteiger partial charge in [0.15, 0.2) is 0 Å². The monoisotopic (exact) mass is 516 g/mol. The van der Waals surface area contributed by atoms with Gasteiger partial charge >= 0.3 is 0 Å². The number of fused-ring (bicyclic) bond motifs is 2. The molecule has 0 spiro atoms. The fourth-order valence-electron chi connectivity index (χ4n) is 5.11. The Bertz CT molecular complexity index is 1570. The summed E-state index contributed by atoms with van der Waals surface area (Å²) in [6, 6.07) is 6.33. The molecule has 38 heavy (non-hydrogen) atoms. The smallest absolute Gasteiger partial charge is 0.228 e. The summed E-state index contributed by atoms with van der Waals surface area (Å²) in [6.07, 6.45) is 2.08. The predicted octanol–water partition coefficient (Wildman–Crippen LogP) is 4.52. The van der Waals surface area contributed by atoms with Crippen LogP contribution in [0.1, 0.15) is 75.4 Å². The Kier molecular flexibility index (Phi) is 6.66. The Balaban J connectivity index is 2.15. The van der Waals surface area contributed by atoms with Crippen LogP contribution >= 0.6 is 0 Å². The molecule has 4 heterocycles. The van der Waals surface area contributed by atoms with E-state index in [0.29, 0.717) is 0 Å². The van der Waals surface area contributed by atoms with Crippen molar-refractivity contribution in [3.8, 4) is 11.3 Å². The van der Waals surface area contributed by atoms with E-state index in [2.05, 4.69) is 68.5 Å². The Labute approximate surface area is 224 Å². The zero-order valence-electron chi connectivity index (χ0n) is 24.4. The van der Waals surface area contributed by atoms with Gasteiger partial charge < -0.3 is 10.6 Å². The summed E-state index contributed by atoms with van der Waals surface area (Å²) in [5.74, 6) is -0.412. The molecule has 0 saturated heterocycles. The lowest BCUT2D eigenvalue weighted by atomic mass is 9.86. The highest BCUT2D eigenvalue weighted by atomic mass is 16.2. The van der Waals surface area contributed by atoms with Crippen LogP contribution in [0.3, 0.4) is 0 Å². The molecule has 2 amide bonds. The Morgan fingerprint density at radius 2 is 1.55 bits per heavy atom. The Morgan fingerprint density at radius 3 is 2.11 bits per heavy atom. The van der Waals surface area contributed by atoms with Crippen molar-refractivity contribution in [3.63, 3.8) is 0 Å². The number of imidazole rings is 2. The molecule has 0 atom stereocenters. The summed E-state index contributed by atoms with van der Waals surface area (Å²) in [7, 11) is 3.51. The first-order valence-electron chi connectivity index (χ1n) is 13.0. The number of amides is 2. The lowest BCUT2D eigenvalue weighted by molar-refractivity contribution is -0.128. The van der Waals surface area contributed by atoms with Crippen molar-refractivity contribution in [1.29, 1.82) is 0 Å². The van der Waals surface area contributed by atoms with E-state index in [9.17, 15) is 9.59 Å². The van der Waals surface area contributed by atoms with Crippen molar-refractivity contribution in [2.75, 3.05) is 14.1 Å². The third-order valence-corrected chi connectivity index (χ3v) is 7.19. The van der Waals surface area contributed by atoms with Gasteiger partial charge in [-0.2, -0.15) is 0 Å². The van der Waals surface area contributed by atoms with E-state index in [1.54, 1.807) is 25.2 Å². The van der Waals surface area contributed by atoms with Crippen LogP contribution in [0.25, 0.3) is 22.6 Å². The first kappa shape index (κ1) is 27.4. The summed E-state index contributed by atoms with van der Waals surface area (Å²) in [6.45, 7) is 17.0. The molecule has 0 aromatic carbocycles. The molecular weight excluding hydrogens is 476 g/mol. The third-order valence-electron chi connectivity index (χ3n) is 7.19.